The molecule has 134 valence electrons. The number of carbonyl (C=O) groups excluding carboxylic acids is 1. The number of amides is 1. The van der Waals surface area contributed by atoms with E-state index in [1.54, 1.807) is 22.9 Å². The number of rotatable bonds is 3. The molecule has 0 fully saturated rings. The van der Waals surface area contributed by atoms with Crippen LogP contribution in [0.15, 0.2) is 54.6 Å². The van der Waals surface area contributed by atoms with Crippen LogP contribution in [0.2, 0.25) is 10.0 Å². The van der Waals surface area contributed by atoms with Gasteiger partial charge in [-0.15, -0.1) is 0 Å². The molecular weight excluding hydrogens is 369 g/mol. The van der Waals surface area contributed by atoms with Gasteiger partial charge in [-0.05, 0) is 30.3 Å². The third-order valence-electron chi connectivity index (χ3n) is 3.84. The minimum absolute atomic E-state index is 0.154. The number of hydrogen-bond acceptors (Lipinski definition) is 2. The molecule has 1 aromatic heterocycles. The fourth-order valence-corrected chi connectivity index (χ4v) is 3.00. The Labute approximate surface area is 162 Å². The number of nitrogens with one attached hydrogen (secondary N) is 1. The van der Waals surface area contributed by atoms with E-state index >= 15 is 0 Å². The minimum Gasteiger partial charge on any atom is -0.306 e. The number of para-hydroxylation sites is 1. The highest BCUT2D eigenvalue weighted by molar-refractivity contribution is 6.35. The topological polar surface area (TPSA) is 46.9 Å². The molecule has 0 radical (unpaired) electrons. The Bertz CT molecular complexity index is 923. The van der Waals surface area contributed by atoms with Crippen LogP contribution < -0.4 is 5.32 Å². The van der Waals surface area contributed by atoms with Gasteiger partial charge in [0.2, 0.25) is 0 Å². The number of nitrogens with zero attached hydrogens (tertiary/aromatic N) is 2. The van der Waals surface area contributed by atoms with Crippen molar-refractivity contribution in [2.75, 3.05) is 5.32 Å². The van der Waals surface area contributed by atoms with Crippen molar-refractivity contribution in [3.05, 3.63) is 75.9 Å². The van der Waals surface area contributed by atoms with Crippen molar-refractivity contribution in [2.45, 2.75) is 26.2 Å². The van der Waals surface area contributed by atoms with Crippen LogP contribution in [0, 0.1) is 0 Å². The zero-order valence-electron chi connectivity index (χ0n) is 14.8. The van der Waals surface area contributed by atoms with Crippen LogP contribution in [0.1, 0.15) is 36.8 Å². The Kier molecular flexibility index (Phi) is 5.08. The van der Waals surface area contributed by atoms with E-state index in [-0.39, 0.29) is 11.3 Å². The van der Waals surface area contributed by atoms with Crippen LogP contribution in [-0.2, 0) is 5.41 Å². The predicted octanol–water partition coefficient (Wildman–Crippen LogP) is 5.73. The molecule has 1 amide bonds. The van der Waals surface area contributed by atoms with Gasteiger partial charge in [0, 0.05) is 27.1 Å². The maximum atomic E-state index is 12.7. The molecule has 0 spiro atoms. The Morgan fingerprint density at radius 2 is 1.62 bits per heavy atom. The normalized spacial score (nSPS) is 11.4. The number of hydrogen-bond donors (Lipinski definition) is 1. The molecule has 2 aromatic carbocycles. The highest BCUT2D eigenvalue weighted by Gasteiger charge is 2.22. The van der Waals surface area contributed by atoms with Crippen molar-refractivity contribution in [2.24, 2.45) is 0 Å². The molecule has 0 saturated carbocycles. The third-order valence-corrected chi connectivity index (χ3v) is 4.28. The minimum atomic E-state index is -0.299. The van der Waals surface area contributed by atoms with Gasteiger partial charge < -0.3 is 5.32 Å². The highest BCUT2D eigenvalue weighted by atomic mass is 35.5. The van der Waals surface area contributed by atoms with E-state index in [9.17, 15) is 4.79 Å². The summed E-state index contributed by atoms with van der Waals surface area (Å²) in [7, 11) is 0. The van der Waals surface area contributed by atoms with Gasteiger partial charge in [0.15, 0.2) is 0 Å². The van der Waals surface area contributed by atoms with Gasteiger partial charge in [-0.25, -0.2) is 4.68 Å². The monoisotopic (exact) mass is 387 g/mol. The van der Waals surface area contributed by atoms with Crippen LogP contribution in [0.5, 0.6) is 0 Å². The predicted molar refractivity (Wildman–Crippen MR) is 107 cm³/mol. The van der Waals surface area contributed by atoms with Crippen molar-refractivity contribution < 1.29 is 4.79 Å². The second-order valence-electron chi connectivity index (χ2n) is 7.02. The largest absolute Gasteiger partial charge is 0.306 e. The molecule has 6 heteroatoms. The van der Waals surface area contributed by atoms with Crippen LogP contribution in [0.25, 0.3) is 5.69 Å². The molecule has 0 bridgehead atoms. The second kappa shape index (κ2) is 7.14. The highest BCUT2D eigenvalue weighted by Crippen LogP contribution is 2.27. The lowest BCUT2D eigenvalue weighted by Gasteiger charge is -2.14. The van der Waals surface area contributed by atoms with Gasteiger partial charge in [-0.2, -0.15) is 5.10 Å². The molecule has 3 aromatic rings. The molecule has 4 nitrogen and oxygen atoms in total. The summed E-state index contributed by atoms with van der Waals surface area (Å²) in [6.45, 7) is 6.23. The van der Waals surface area contributed by atoms with Gasteiger partial charge in [0.25, 0.3) is 5.91 Å². The maximum absolute atomic E-state index is 12.7. The summed E-state index contributed by atoms with van der Waals surface area (Å²) in [5.74, 6) is 0.286. The van der Waals surface area contributed by atoms with Crippen molar-refractivity contribution in [3.63, 3.8) is 0 Å². The molecule has 0 aliphatic heterocycles. The number of carbonyl (C=O) groups is 1. The van der Waals surface area contributed by atoms with Gasteiger partial charge in [-0.1, -0.05) is 62.2 Å². The lowest BCUT2D eigenvalue weighted by molar-refractivity contribution is 0.102. The fraction of sp³-hybridized carbons (Fsp3) is 0.200. The molecule has 0 aliphatic rings. The summed E-state index contributed by atoms with van der Waals surface area (Å²) < 4.78 is 1.73. The zero-order valence-corrected chi connectivity index (χ0v) is 16.3. The SMILES string of the molecule is CC(C)(C)c1cc(NC(=O)c2cc(Cl)cc(Cl)c2)n(-c2ccccc2)n1. The van der Waals surface area contributed by atoms with E-state index in [0.29, 0.717) is 21.4 Å². The summed E-state index contributed by atoms with van der Waals surface area (Å²) in [6.07, 6.45) is 0. The van der Waals surface area contributed by atoms with E-state index in [1.807, 2.05) is 36.4 Å². The van der Waals surface area contributed by atoms with Crippen LogP contribution in [-0.4, -0.2) is 15.7 Å². The molecule has 1 heterocycles. The molecule has 0 aliphatic carbocycles. The van der Waals surface area contributed by atoms with Crippen molar-refractivity contribution >= 4 is 34.9 Å². The van der Waals surface area contributed by atoms with Crippen molar-refractivity contribution in [1.29, 1.82) is 0 Å². The number of anilines is 1. The second-order valence-corrected chi connectivity index (χ2v) is 7.90. The number of halogens is 2. The molecule has 0 unspecified atom stereocenters. The standard InChI is InChI=1S/C20H19Cl2N3O/c1-20(2,3)17-12-18(25(24-17)16-7-5-4-6-8-16)23-19(26)13-9-14(21)11-15(22)10-13/h4-12H,1-3H3,(H,23,26). The Morgan fingerprint density at radius 1 is 1.00 bits per heavy atom. The summed E-state index contributed by atoms with van der Waals surface area (Å²) in [4.78, 5) is 12.7. The van der Waals surface area contributed by atoms with E-state index in [0.717, 1.165) is 11.4 Å². The van der Waals surface area contributed by atoms with E-state index in [1.165, 1.54) is 0 Å². The summed E-state index contributed by atoms with van der Waals surface area (Å²) in [5, 5.41) is 8.42. The lowest BCUT2D eigenvalue weighted by Crippen LogP contribution is -2.15. The molecule has 26 heavy (non-hydrogen) atoms. The summed E-state index contributed by atoms with van der Waals surface area (Å²) in [6, 6.07) is 16.3. The van der Waals surface area contributed by atoms with E-state index in [2.05, 4.69) is 31.2 Å². The van der Waals surface area contributed by atoms with E-state index in [4.69, 9.17) is 23.2 Å². The van der Waals surface area contributed by atoms with Gasteiger partial charge in [-0.3, -0.25) is 4.79 Å². The third kappa shape index (κ3) is 4.09. The maximum Gasteiger partial charge on any atom is 0.256 e. The smallest absolute Gasteiger partial charge is 0.256 e. The van der Waals surface area contributed by atoms with Crippen LogP contribution >= 0.6 is 23.2 Å². The van der Waals surface area contributed by atoms with Gasteiger partial charge in [0.1, 0.15) is 5.82 Å². The summed E-state index contributed by atoms with van der Waals surface area (Å²) >= 11 is 12.0. The van der Waals surface area contributed by atoms with Crippen LogP contribution in [0.4, 0.5) is 5.82 Å². The Hall–Kier alpha value is -2.30. The van der Waals surface area contributed by atoms with Crippen molar-refractivity contribution in [1.82, 2.24) is 9.78 Å². The fourth-order valence-electron chi connectivity index (χ4n) is 2.48. The first-order valence-electron chi connectivity index (χ1n) is 8.17. The molecule has 0 saturated heterocycles. The quantitative estimate of drug-likeness (QED) is 0.623. The average molecular weight is 388 g/mol. The van der Waals surface area contributed by atoms with E-state index < -0.39 is 0 Å². The van der Waals surface area contributed by atoms with Gasteiger partial charge in [0.05, 0.1) is 11.4 Å². The van der Waals surface area contributed by atoms with Crippen LogP contribution in [0.3, 0.4) is 0 Å². The molecule has 0 atom stereocenters. The Morgan fingerprint density at radius 3 is 2.19 bits per heavy atom. The zero-order chi connectivity index (χ0) is 18.9. The average Bonchev–Trinajstić information content (AvgIpc) is 2.99. The van der Waals surface area contributed by atoms with Crippen molar-refractivity contribution in [3.8, 4) is 5.69 Å². The number of aromatic nitrogens is 2. The summed E-state index contributed by atoms with van der Waals surface area (Å²) in [5.41, 5.74) is 1.97. The lowest BCUT2D eigenvalue weighted by atomic mass is 9.92. The number of benzene rings is 2. The Balaban J connectivity index is 2.01. The first-order valence-corrected chi connectivity index (χ1v) is 8.93. The van der Waals surface area contributed by atoms with Gasteiger partial charge >= 0.3 is 0 Å². The molecular formula is C20H19Cl2N3O. The first-order chi connectivity index (χ1) is 12.2. The first kappa shape index (κ1) is 18.5. The molecule has 3 rings (SSSR count). The molecule has 1 N–H and O–H groups in total.